The molecule has 0 aromatic heterocycles. The first-order valence-electron chi connectivity index (χ1n) is 12.5. The van der Waals surface area contributed by atoms with E-state index in [1.165, 1.54) is 23.6 Å². The van der Waals surface area contributed by atoms with Crippen LogP contribution in [0.5, 0.6) is 5.75 Å². The van der Waals surface area contributed by atoms with Gasteiger partial charge < -0.3 is 35.4 Å². The van der Waals surface area contributed by atoms with E-state index in [0.29, 0.717) is 47.5 Å². The van der Waals surface area contributed by atoms with E-state index in [4.69, 9.17) is 9.47 Å². The first-order valence-corrected chi connectivity index (χ1v) is 13.5. The molecule has 0 unspecified atom stereocenters. The van der Waals surface area contributed by atoms with Crippen molar-refractivity contribution in [2.45, 2.75) is 43.1 Å². The summed E-state index contributed by atoms with van der Waals surface area (Å²) in [6.45, 7) is 2.08. The highest BCUT2D eigenvalue weighted by Gasteiger charge is 2.44. The fourth-order valence-electron chi connectivity index (χ4n) is 4.83. The van der Waals surface area contributed by atoms with E-state index in [-0.39, 0.29) is 24.3 Å². The molecule has 0 spiro atoms. The van der Waals surface area contributed by atoms with E-state index in [9.17, 15) is 29.7 Å². The number of aliphatic hydroxyl groups excluding tert-OH is 3. The zero-order valence-electron chi connectivity index (χ0n) is 21.3. The number of carbonyl (C=O) groups is 3. The Morgan fingerprint density at radius 1 is 1.11 bits per heavy atom. The summed E-state index contributed by atoms with van der Waals surface area (Å²) in [6, 6.07) is 7.94. The average molecular weight is 548 g/mol. The minimum absolute atomic E-state index is 0.214. The summed E-state index contributed by atoms with van der Waals surface area (Å²) < 4.78 is 11.1. The largest absolute Gasteiger partial charge is 0.496 e. The van der Waals surface area contributed by atoms with Crippen LogP contribution in [0, 0.1) is 0 Å². The van der Waals surface area contributed by atoms with Crippen LogP contribution in [-0.4, -0.2) is 107 Å². The van der Waals surface area contributed by atoms with Crippen LogP contribution in [0.4, 0.5) is 0 Å². The Bertz CT molecular complexity index is 1170. The Morgan fingerprint density at radius 2 is 1.84 bits per heavy atom. The number of ether oxygens (including phenoxy) is 2. The molecule has 12 heteroatoms. The first-order chi connectivity index (χ1) is 18.3. The Balaban J connectivity index is 1.27. The lowest BCUT2D eigenvalue weighted by Crippen LogP contribution is -2.63. The maximum atomic E-state index is 13.1. The van der Waals surface area contributed by atoms with Gasteiger partial charge in [-0.05, 0) is 36.9 Å². The normalized spacial score (nSPS) is 25.1. The number of imide groups is 1. The molecule has 3 amide bonds. The van der Waals surface area contributed by atoms with Gasteiger partial charge >= 0.3 is 0 Å². The number of hydrogen-bond donors (Lipinski definition) is 5. The number of thioether (sulfide) groups is 1. The topological polar surface area (TPSA) is 158 Å². The van der Waals surface area contributed by atoms with E-state index < -0.39 is 36.4 Å². The van der Waals surface area contributed by atoms with Crippen molar-refractivity contribution in [2.75, 3.05) is 39.1 Å². The number of benzene rings is 2. The molecule has 2 aromatic rings. The third kappa shape index (κ3) is 5.65. The fraction of sp³-hybridized carbons (Fsp3) is 0.500. The molecule has 206 valence electrons. The summed E-state index contributed by atoms with van der Waals surface area (Å²) in [4.78, 5) is 39.0. The molecule has 5 N–H and O–H groups in total. The molecule has 0 saturated carbocycles. The van der Waals surface area contributed by atoms with Gasteiger partial charge in [0.15, 0.2) is 0 Å². The van der Waals surface area contributed by atoms with E-state index >= 15 is 0 Å². The van der Waals surface area contributed by atoms with Gasteiger partial charge in [0.05, 0.1) is 19.8 Å². The summed E-state index contributed by atoms with van der Waals surface area (Å²) in [6.07, 6.45) is -2.82. The lowest BCUT2D eigenvalue weighted by molar-refractivity contribution is -0.173. The lowest BCUT2D eigenvalue weighted by Gasteiger charge is -2.42. The number of carbonyl (C=O) groups excluding carboxylic acids is 3. The maximum absolute atomic E-state index is 13.1. The SMILES string of the molecule is COc1ccc2c3c(cccc13)C(=O)N(CCNCCCS[C@@H]1O[C@H](CO)[C@@H](O)[C@H](O)[C@H]1NC(C)=O)C2=O. The van der Waals surface area contributed by atoms with Crippen LogP contribution >= 0.6 is 11.8 Å². The maximum Gasteiger partial charge on any atom is 0.261 e. The van der Waals surface area contributed by atoms with Gasteiger partial charge in [-0.25, -0.2) is 0 Å². The van der Waals surface area contributed by atoms with Crippen molar-refractivity contribution in [3.05, 3.63) is 41.5 Å². The van der Waals surface area contributed by atoms with Gasteiger partial charge in [0.1, 0.15) is 29.5 Å². The number of amides is 3. The molecule has 0 radical (unpaired) electrons. The smallest absolute Gasteiger partial charge is 0.261 e. The van der Waals surface area contributed by atoms with Gasteiger partial charge in [0.2, 0.25) is 5.91 Å². The van der Waals surface area contributed by atoms with Gasteiger partial charge in [-0.15, -0.1) is 11.8 Å². The average Bonchev–Trinajstić information content (AvgIpc) is 2.91. The van der Waals surface area contributed by atoms with Crippen molar-refractivity contribution < 1.29 is 39.2 Å². The van der Waals surface area contributed by atoms with Gasteiger partial charge in [0, 0.05) is 41.9 Å². The molecular weight excluding hydrogens is 514 g/mol. The summed E-state index contributed by atoms with van der Waals surface area (Å²) in [7, 11) is 1.55. The molecule has 1 saturated heterocycles. The van der Waals surface area contributed by atoms with E-state index in [1.807, 2.05) is 6.07 Å². The number of methoxy groups -OCH3 is 1. The quantitative estimate of drug-likeness (QED) is 0.193. The Morgan fingerprint density at radius 3 is 2.53 bits per heavy atom. The molecule has 2 aliphatic rings. The molecule has 2 heterocycles. The third-order valence-corrected chi connectivity index (χ3v) is 7.97. The van der Waals surface area contributed by atoms with Gasteiger partial charge in [-0.3, -0.25) is 19.3 Å². The highest BCUT2D eigenvalue weighted by atomic mass is 32.2. The van der Waals surface area contributed by atoms with Crippen LogP contribution in [0.1, 0.15) is 34.1 Å². The van der Waals surface area contributed by atoms with Crippen LogP contribution in [0.15, 0.2) is 30.3 Å². The number of nitrogens with zero attached hydrogens (tertiary/aromatic N) is 1. The van der Waals surface area contributed by atoms with Crippen molar-refractivity contribution in [1.82, 2.24) is 15.5 Å². The molecule has 1 fully saturated rings. The first kappa shape index (κ1) is 28.3. The van der Waals surface area contributed by atoms with Gasteiger partial charge in [0.25, 0.3) is 11.8 Å². The third-order valence-electron chi connectivity index (χ3n) is 6.71. The Hall–Kier alpha value is -2.74. The van der Waals surface area contributed by atoms with E-state index in [0.717, 1.165) is 5.39 Å². The standard InChI is InChI=1S/C26H33N3O8S/c1-14(31)28-21-23(33)22(32)19(13-30)37-26(21)38-12-4-9-27-10-11-29-24(34)16-6-3-5-15-18(36-2)8-7-17(20(15)16)25(29)35/h3,5-8,19,21-23,26-27,30,32-33H,4,9-13H2,1-2H3,(H,28,31)/t19-,21-,22-,23-,26+/m1/s1. The molecule has 2 aromatic carbocycles. The van der Waals surface area contributed by atoms with E-state index in [2.05, 4.69) is 10.6 Å². The van der Waals surface area contributed by atoms with Crippen LogP contribution in [0.3, 0.4) is 0 Å². The number of rotatable bonds is 11. The van der Waals surface area contributed by atoms with Crippen LogP contribution < -0.4 is 15.4 Å². The molecule has 38 heavy (non-hydrogen) atoms. The lowest BCUT2D eigenvalue weighted by atomic mass is 9.93. The summed E-state index contributed by atoms with van der Waals surface area (Å²) >= 11 is 1.36. The van der Waals surface area contributed by atoms with Crippen molar-refractivity contribution in [1.29, 1.82) is 0 Å². The second-order valence-corrected chi connectivity index (χ2v) is 10.4. The summed E-state index contributed by atoms with van der Waals surface area (Å²) in [5, 5.41) is 37.1. The molecule has 4 rings (SSSR count). The number of aliphatic hydroxyl groups is 3. The Kier molecular flexibility index (Phi) is 9.23. The van der Waals surface area contributed by atoms with Crippen LogP contribution in [-0.2, 0) is 9.53 Å². The van der Waals surface area contributed by atoms with Crippen molar-refractivity contribution in [2.24, 2.45) is 0 Å². The second kappa shape index (κ2) is 12.4. The zero-order chi connectivity index (χ0) is 27.4. The number of hydrogen-bond acceptors (Lipinski definition) is 10. The summed E-state index contributed by atoms with van der Waals surface area (Å²) in [5.74, 6) is 0.180. The molecule has 5 atom stereocenters. The van der Waals surface area contributed by atoms with Crippen molar-refractivity contribution >= 4 is 40.3 Å². The Labute approximate surface area is 224 Å². The van der Waals surface area contributed by atoms with Crippen LogP contribution in [0.25, 0.3) is 10.8 Å². The monoisotopic (exact) mass is 547 g/mol. The zero-order valence-corrected chi connectivity index (χ0v) is 22.1. The molecule has 0 aliphatic carbocycles. The number of nitrogens with one attached hydrogen (secondary N) is 2. The fourth-order valence-corrected chi connectivity index (χ4v) is 6.03. The van der Waals surface area contributed by atoms with E-state index in [1.54, 1.807) is 31.4 Å². The van der Waals surface area contributed by atoms with Crippen molar-refractivity contribution in [3.8, 4) is 5.75 Å². The minimum Gasteiger partial charge on any atom is -0.496 e. The van der Waals surface area contributed by atoms with Crippen molar-refractivity contribution in [3.63, 3.8) is 0 Å². The molecule has 2 aliphatic heterocycles. The molecule has 0 bridgehead atoms. The predicted molar refractivity (Wildman–Crippen MR) is 141 cm³/mol. The minimum atomic E-state index is -1.31. The highest BCUT2D eigenvalue weighted by Crippen LogP contribution is 2.35. The van der Waals surface area contributed by atoms with Gasteiger partial charge in [-0.1, -0.05) is 12.1 Å². The summed E-state index contributed by atoms with van der Waals surface area (Å²) in [5.41, 5.74) is 0.309. The second-order valence-electron chi connectivity index (χ2n) is 9.21. The molecular formula is C26H33N3O8S. The molecule has 11 nitrogen and oxygen atoms in total. The highest BCUT2D eigenvalue weighted by molar-refractivity contribution is 7.99. The van der Waals surface area contributed by atoms with Gasteiger partial charge in [-0.2, -0.15) is 0 Å². The van der Waals surface area contributed by atoms with Crippen LogP contribution in [0.2, 0.25) is 0 Å². The predicted octanol–water partition coefficient (Wildman–Crippen LogP) is 0.101.